The Morgan fingerprint density at radius 1 is 0.522 bits per heavy atom. The maximum atomic E-state index is 12.8. The van der Waals surface area contributed by atoms with Crippen LogP contribution in [0.5, 0.6) is 0 Å². The van der Waals surface area contributed by atoms with Crippen molar-refractivity contribution in [1.82, 2.24) is 0 Å². The Bertz CT molecular complexity index is 1460. The number of carbonyl (C=O) groups is 2. The van der Waals surface area contributed by atoms with E-state index in [9.17, 15) is 37.9 Å². The molecule has 4 N–H and O–H groups in total. The van der Waals surface area contributed by atoms with Gasteiger partial charge in [0.15, 0.2) is 12.4 Å². The van der Waals surface area contributed by atoms with E-state index in [4.69, 9.17) is 18.9 Å². The summed E-state index contributed by atoms with van der Waals surface area (Å²) in [6.45, 7) is 3.59. The van der Waals surface area contributed by atoms with Gasteiger partial charge in [-0.1, -0.05) is 222 Å². The number of hydrogen-bond acceptors (Lipinski definition) is 11. The Labute approximate surface area is 406 Å². The average molecular weight is 967 g/mol. The Balaban J connectivity index is 2.35. The highest BCUT2D eigenvalue weighted by atomic mass is 32.2. The fourth-order valence-corrected chi connectivity index (χ4v) is 8.56. The van der Waals surface area contributed by atoms with Crippen molar-refractivity contribution in [1.29, 1.82) is 0 Å². The molecule has 67 heavy (non-hydrogen) atoms. The summed E-state index contributed by atoms with van der Waals surface area (Å²) in [7, 11) is -4.62. The zero-order chi connectivity index (χ0) is 49.1. The maximum Gasteiger partial charge on any atom is 0.310 e. The highest BCUT2D eigenvalue weighted by molar-refractivity contribution is 7.85. The molecule has 388 valence electrons. The van der Waals surface area contributed by atoms with Gasteiger partial charge in [-0.15, -0.1) is 0 Å². The second-order valence-electron chi connectivity index (χ2n) is 18.2. The second-order valence-corrected chi connectivity index (χ2v) is 19.7. The van der Waals surface area contributed by atoms with Crippen LogP contribution in [0.15, 0.2) is 60.8 Å². The number of aliphatic hydroxyl groups excluding tert-OH is 3. The van der Waals surface area contributed by atoms with Crippen LogP contribution in [0, 0.1) is 0 Å². The molecule has 1 rings (SSSR count). The van der Waals surface area contributed by atoms with E-state index in [1.165, 1.54) is 128 Å². The van der Waals surface area contributed by atoms with Crippen molar-refractivity contribution in [2.45, 2.75) is 250 Å². The van der Waals surface area contributed by atoms with Crippen LogP contribution in [-0.4, -0.2) is 96.0 Å². The van der Waals surface area contributed by atoms with Crippen molar-refractivity contribution < 1.29 is 56.8 Å². The molecular weight excluding hydrogens is 873 g/mol. The highest BCUT2D eigenvalue weighted by Crippen LogP contribution is 2.24. The molecule has 0 bridgehead atoms. The van der Waals surface area contributed by atoms with Crippen molar-refractivity contribution in [3.05, 3.63) is 60.8 Å². The molecule has 1 fully saturated rings. The largest absolute Gasteiger partial charge is 0.462 e. The smallest absolute Gasteiger partial charge is 0.310 e. The zero-order valence-electron chi connectivity index (χ0n) is 41.7. The molecule has 0 spiro atoms. The number of carbonyl (C=O) groups excluding carboxylic acids is 2. The quantitative estimate of drug-likeness (QED) is 0.0196. The van der Waals surface area contributed by atoms with Gasteiger partial charge in [-0.05, 0) is 38.5 Å². The molecule has 0 amide bonds. The average Bonchev–Trinajstić information content (AvgIpc) is 3.30. The minimum atomic E-state index is -4.62. The Morgan fingerprint density at radius 3 is 1.34 bits per heavy atom. The molecule has 0 aromatic carbocycles. The number of ether oxygens (including phenoxy) is 4. The van der Waals surface area contributed by atoms with Crippen LogP contribution in [0.25, 0.3) is 0 Å². The first-order valence-electron chi connectivity index (χ1n) is 26.3. The molecule has 1 saturated heterocycles. The Hall–Kier alpha value is -2.65. The van der Waals surface area contributed by atoms with Gasteiger partial charge in [0.05, 0.1) is 13.0 Å². The standard InChI is InChI=1S/C54H94O12S/c1-3-5-7-9-11-13-15-17-19-20-21-22-23-24-25-26-27-29-30-32-34-36-38-40-42-49(55)63-44-47(45-64-54-53(59)52(58)51(57)48(66-54)46-67(60,61)62)65-50(56)43-41-39-37-35-33-31-28-18-16-14-12-10-8-6-4-2/h6,8,12,14,18,28,33,35,39,41,47-48,51-54,57-59H,3-5,7,9-11,13,15-17,19-27,29-32,34,36-38,40,42-46H2,1-2H3,(H,60,61,62)/b8-6-,14-12-,28-18-,35-33-,41-39-. The van der Waals surface area contributed by atoms with E-state index < -0.39 is 71.2 Å². The lowest BCUT2D eigenvalue weighted by Gasteiger charge is -2.40. The van der Waals surface area contributed by atoms with E-state index in [0.29, 0.717) is 12.8 Å². The van der Waals surface area contributed by atoms with E-state index in [1.807, 2.05) is 18.2 Å². The maximum absolute atomic E-state index is 12.8. The number of unbranched alkanes of at least 4 members (excludes halogenated alkanes) is 23. The predicted octanol–water partition coefficient (Wildman–Crippen LogP) is 12.1. The highest BCUT2D eigenvalue weighted by Gasteiger charge is 2.46. The second kappa shape index (κ2) is 43.4. The summed E-state index contributed by atoms with van der Waals surface area (Å²) >= 11 is 0. The van der Waals surface area contributed by atoms with Crippen molar-refractivity contribution in [2.75, 3.05) is 19.0 Å². The Morgan fingerprint density at radius 2 is 0.925 bits per heavy atom. The Kier molecular flexibility index (Phi) is 40.4. The minimum Gasteiger partial charge on any atom is -0.462 e. The number of aliphatic hydroxyl groups is 3. The van der Waals surface area contributed by atoms with Gasteiger partial charge in [0, 0.05) is 6.42 Å². The first kappa shape index (κ1) is 62.4. The van der Waals surface area contributed by atoms with Gasteiger partial charge in [0.25, 0.3) is 10.1 Å². The lowest BCUT2D eigenvalue weighted by atomic mass is 10.00. The molecule has 0 aliphatic carbocycles. The molecule has 6 unspecified atom stereocenters. The van der Waals surface area contributed by atoms with Crippen molar-refractivity contribution in [3.63, 3.8) is 0 Å². The molecule has 12 nitrogen and oxygen atoms in total. The molecule has 0 radical (unpaired) electrons. The van der Waals surface area contributed by atoms with Crippen LogP contribution >= 0.6 is 0 Å². The third kappa shape index (κ3) is 37.9. The molecule has 0 aromatic heterocycles. The van der Waals surface area contributed by atoms with Crippen molar-refractivity contribution >= 4 is 22.1 Å². The summed E-state index contributed by atoms with van der Waals surface area (Å²) in [5.41, 5.74) is 0. The van der Waals surface area contributed by atoms with Gasteiger partial charge in [0.1, 0.15) is 36.8 Å². The summed E-state index contributed by atoms with van der Waals surface area (Å²) in [5.74, 6) is -2.14. The zero-order valence-corrected chi connectivity index (χ0v) is 42.6. The van der Waals surface area contributed by atoms with Gasteiger partial charge in [-0.2, -0.15) is 8.42 Å². The lowest BCUT2D eigenvalue weighted by molar-refractivity contribution is -0.297. The van der Waals surface area contributed by atoms with E-state index in [-0.39, 0.29) is 19.4 Å². The summed E-state index contributed by atoms with van der Waals surface area (Å²) in [6.07, 6.45) is 45.9. The van der Waals surface area contributed by atoms with E-state index in [0.717, 1.165) is 44.9 Å². The third-order valence-corrected chi connectivity index (χ3v) is 12.6. The summed E-state index contributed by atoms with van der Waals surface area (Å²) in [6, 6.07) is 0. The predicted molar refractivity (Wildman–Crippen MR) is 270 cm³/mol. The van der Waals surface area contributed by atoms with Gasteiger partial charge in [-0.25, -0.2) is 0 Å². The third-order valence-electron chi connectivity index (χ3n) is 11.9. The van der Waals surface area contributed by atoms with E-state index in [1.54, 1.807) is 6.08 Å². The summed E-state index contributed by atoms with van der Waals surface area (Å²) in [4.78, 5) is 25.4. The molecular formula is C54H94O12S. The summed E-state index contributed by atoms with van der Waals surface area (Å²) in [5, 5.41) is 30.9. The normalized spacial score (nSPS) is 19.8. The molecule has 1 heterocycles. The lowest BCUT2D eigenvalue weighted by Crippen LogP contribution is -2.60. The van der Waals surface area contributed by atoms with E-state index >= 15 is 0 Å². The monoisotopic (exact) mass is 967 g/mol. The topological polar surface area (TPSA) is 186 Å². The number of allylic oxidation sites excluding steroid dienone is 9. The van der Waals surface area contributed by atoms with Crippen LogP contribution in [0.4, 0.5) is 0 Å². The molecule has 1 aliphatic heterocycles. The fourth-order valence-electron chi connectivity index (χ4n) is 7.87. The van der Waals surface area contributed by atoms with Crippen LogP contribution in [0.1, 0.15) is 213 Å². The van der Waals surface area contributed by atoms with Crippen LogP contribution in [0.2, 0.25) is 0 Å². The minimum absolute atomic E-state index is 0.0681. The molecule has 13 heteroatoms. The number of rotatable bonds is 44. The van der Waals surface area contributed by atoms with Gasteiger partial charge < -0.3 is 34.3 Å². The van der Waals surface area contributed by atoms with Gasteiger partial charge in [-0.3, -0.25) is 14.1 Å². The SMILES string of the molecule is CC/C=C\C/C=C\C/C=C\C/C=C\C/C=C\CC(=O)OC(COC(=O)CCCCCCCCCCCCCCCCCCCCCCCCCC)COC1OC(CS(=O)(=O)O)C(O)C(O)C1O. The molecule has 0 saturated carbocycles. The van der Waals surface area contributed by atoms with Gasteiger partial charge >= 0.3 is 11.9 Å². The molecule has 6 atom stereocenters. The number of esters is 2. The molecule has 0 aromatic rings. The number of hydrogen-bond donors (Lipinski definition) is 4. The van der Waals surface area contributed by atoms with Crippen LogP contribution < -0.4 is 0 Å². The molecule has 1 aliphatic rings. The van der Waals surface area contributed by atoms with Gasteiger partial charge in [0.2, 0.25) is 0 Å². The summed E-state index contributed by atoms with van der Waals surface area (Å²) < 4.78 is 54.1. The van der Waals surface area contributed by atoms with Crippen molar-refractivity contribution in [3.8, 4) is 0 Å². The first-order chi connectivity index (χ1) is 32.5. The van der Waals surface area contributed by atoms with E-state index in [2.05, 4.69) is 50.3 Å². The van der Waals surface area contributed by atoms with Crippen LogP contribution in [-0.2, 0) is 38.7 Å². The fraction of sp³-hybridized carbons (Fsp3) is 0.778. The van der Waals surface area contributed by atoms with Crippen LogP contribution in [0.3, 0.4) is 0 Å². The van der Waals surface area contributed by atoms with Crippen molar-refractivity contribution in [2.24, 2.45) is 0 Å². The first-order valence-corrected chi connectivity index (χ1v) is 28.0.